The quantitative estimate of drug-likeness (QED) is 0.143. The predicted molar refractivity (Wildman–Crippen MR) is 159 cm³/mol. The van der Waals surface area contributed by atoms with E-state index in [4.69, 9.17) is 16.3 Å². The van der Waals surface area contributed by atoms with Gasteiger partial charge in [0.05, 0.1) is 27.2 Å². The van der Waals surface area contributed by atoms with E-state index in [1.807, 2.05) is 0 Å². The van der Waals surface area contributed by atoms with Gasteiger partial charge in [-0.15, -0.1) is 0 Å². The lowest BCUT2D eigenvalue weighted by molar-refractivity contribution is -0.137. The molecule has 1 amide bonds. The first-order valence-corrected chi connectivity index (χ1v) is 13.6. The molecule has 1 N–H and O–H groups in total. The maximum Gasteiger partial charge on any atom is 0.416 e. The number of nitrogens with zero attached hydrogens (tertiary/aromatic N) is 3. The van der Waals surface area contributed by atoms with Gasteiger partial charge in [-0.1, -0.05) is 35.9 Å². The largest absolute Gasteiger partial charge is 0.482 e. The maximum absolute atomic E-state index is 13.5. The van der Waals surface area contributed by atoms with Crippen molar-refractivity contribution in [3.05, 3.63) is 122 Å². The van der Waals surface area contributed by atoms with Crippen molar-refractivity contribution in [3.8, 4) is 17.1 Å². The number of ether oxygens (including phenoxy) is 1. The summed E-state index contributed by atoms with van der Waals surface area (Å²) in [6, 6.07) is 18.9. The second kappa shape index (κ2) is 12.4. The van der Waals surface area contributed by atoms with Crippen LogP contribution in [-0.4, -0.2) is 28.4 Å². The number of halogens is 6. The number of hydrogen-bond acceptors (Lipinski definition) is 5. The van der Waals surface area contributed by atoms with Gasteiger partial charge in [0.25, 0.3) is 11.5 Å². The standard InChI is InChI=1S/C30H18BrClF4N4O3/c31-24-14-20(32)13-18(27(24)43-16-26(41)38-22-10-8-21(33)9-11-22)15-37-40-28(17-4-3-5-19(12-17)30(34,35)36)39-25-7-2-1-6-23(25)29(40)42/h1-15H,16H2,(H,38,41). The number of alkyl halides is 3. The van der Waals surface area contributed by atoms with Crippen LogP contribution >= 0.6 is 27.5 Å². The summed E-state index contributed by atoms with van der Waals surface area (Å²) in [5.74, 6) is -0.989. The summed E-state index contributed by atoms with van der Waals surface area (Å²) in [5.41, 5.74) is -0.668. The summed E-state index contributed by atoms with van der Waals surface area (Å²) in [7, 11) is 0. The molecule has 0 spiro atoms. The summed E-state index contributed by atoms with van der Waals surface area (Å²) >= 11 is 9.58. The van der Waals surface area contributed by atoms with Gasteiger partial charge in [0.15, 0.2) is 12.4 Å². The third kappa shape index (κ3) is 6.92. The number of amides is 1. The lowest BCUT2D eigenvalue weighted by atomic mass is 10.1. The maximum atomic E-state index is 13.5. The van der Waals surface area contributed by atoms with Crippen LogP contribution in [0.25, 0.3) is 22.3 Å². The van der Waals surface area contributed by atoms with Crippen LogP contribution in [0.4, 0.5) is 23.2 Å². The van der Waals surface area contributed by atoms with Crippen LogP contribution in [0.2, 0.25) is 5.02 Å². The first-order chi connectivity index (χ1) is 20.5. The SMILES string of the molecule is O=C(COc1c(Br)cc(Cl)cc1C=Nn1c(-c2cccc(C(F)(F)F)c2)nc2ccccc2c1=O)Nc1ccc(F)cc1. The Bertz CT molecular complexity index is 1930. The molecule has 0 atom stereocenters. The molecule has 0 aliphatic rings. The molecule has 0 saturated heterocycles. The molecule has 0 unspecified atom stereocenters. The first kappa shape index (κ1) is 29.9. The fraction of sp³-hybridized carbons (Fsp3) is 0.0667. The molecule has 7 nitrogen and oxygen atoms in total. The van der Waals surface area contributed by atoms with Gasteiger partial charge in [0.1, 0.15) is 11.6 Å². The molecule has 0 radical (unpaired) electrons. The van der Waals surface area contributed by atoms with Crippen molar-refractivity contribution < 1.29 is 27.1 Å². The summed E-state index contributed by atoms with van der Waals surface area (Å²) in [4.78, 5) is 30.4. The molecule has 0 bridgehead atoms. The van der Waals surface area contributed by atoms with Crippen LogP contribution in [0.3, 0.4) is 0 Å². The fourth-order valence-corrected chi connectivity index (χ4v) is 5.02. The van der Waals surface area contributed by atoms with Crippen molar-refractivity contribution in [2.75, 3.05) is 11.9 Å². The summed E-state index contributed by atoms with van der Waals surface area (Å²) in [6.07, 6.45) is -3.40. The number of benzene rings is 4. The number of anilines is 1. The minimum Gasteiger partial charge on any atom is -0.482 e. The number of nitrogens with one attached hydrogen (secondary N) is 1. The Balaban J connectivity index is 1.53. The molecule has 4 aromatic carbocycles. The number of fused-ring (bicyclic) bond motifs is 1. The third-order valence-corrected chi connectivity index (χ3v) is 6.83. The molecule has 5 aromatic rings. The molecule has 218 valence electrons. The number of carbonyl (C=O) groups is 1. The molecule has 13 heteroatoms. The molecule has 0 fully saturated rings. The van der Waals surface area contributed by atoms with Gasteiger partial charge < -0.3 is 10.1 Å². The van der Waals surface area contributed by atoms with Crippen LogP contribution in [0.15, 0.2) is 99.3 Å². The van der Waals surface area contributed by atoms with Crippen LogP contribution in [0.5, 0.6) is 5.75 Å². The molecular weight excluding hydrogens is 656 g/mol. The molecule has 0 aliphatic carbocycles. The Hall–Kier alpha value is -4.55. The third-order valence-electron chi connectivity index (χ3n) is 6.03. The van der Waals surface area contributed by atoms with Gasteiger partial charge in [-0.05, 0) is 76.6 Å². The highest BCUT2D eigenvalue weighted by Gasteiger charge is 2.31. The van der Waals surface area contributed by atoms with Gasteiger partial charge in [-0.25, -0.2) is 9.37 Å². The van der Waals surface area contributed by atoms with E-state index in [0.29, 0.717) is 10.2 Å². The van der Waals surface area contributed by atoms with E-state index in [-0.39, 0.29) is 38.6 Å². The predicted octanol–water partition coefficient (Wildman–Crippen LogP) is 7.54. The Morgan fingerprint density at radius 1 is 1.05 bits per heavy atom. The topological polar surface area (TPSA) is 85.6 Å². The molecule has 1 aromatic heterocycles. The fourth-order valence-electron chi connectivity index (χ4n) is 4.07. The highest BCUT2D eigenvalue weighted by molar-refractivity contribution is 9.10. The number of aromatic nitrogens is 2. The van der Waals surface area contributed by atoms with Crippen LogP contribution in [0.1, 0.15) is 11.1 Å². The average molecular weight is 674 g/mol. The molecule has 5 rings (SSSR count). The van der Waals surface area contributed by atoms with Crippen LogP contribution in [-0.2, 0) is 11.0 Å². The Kier molecular flexibility index (Phi) is 8.60. The van der Waals surface area contributed by atoms with Crippen LogP contribution in [0, 0.1) is 5.82 Å². The van der Waals surface area contributed by atoms with Gasteiger partial charge >= 0.3 is 6.18 Å². The lowest BCUT2D eigenvalue weighted by Gasteiger charge is -2.13. The van der Waals surface area contributed by atoms with Gasteiger partial charge in [0.2, 0.25) is 0 Å². The number of rotatable bonds is 7. The average Bonchev–Trinajstić information content (AvgIpc) is 2.97. The van der Waals surface area contributed by atoms with Crippen molar-refractivity contribution >= 4 is 56.2 Å². The zero-order chi connectivity index (χ0) is 30.7. The van der Waals surface area contributed by atoms with Gasteiger partial charge in [-0.3, -0.25) is 9.59 Å². The number of para-hydroxylation sites is 1. The lowest BCUT2D eigenvalue weighted by Crippen LogP contribution is -2.21. The second-order valence-corrected chi connectivity index (χ2v) is 10.3. The summed E-state index contributed by atoms with van der Waals surface area (Å²) in [6.45, 7) is -0.453. The minimum atomic E-state index is -4.62. The first-order valence-electron chi connectivity index (χ1n) is 12.4. The van der Waals surface area contributed by atoms with E-state index in [9.17, 15) is 27.2 Å². The normalized spacial score (nSPS) is 11.7. The Morgan fingerprint density at radius 2 is 1.79 bits per heavy atom. The Morgan fingerprint density at radius 3 is 2.53 bits per heavy atom. The molecule has 1 heterocycles. The van der Waals surface area contributed by atoms with E-state index in [0.717, 1.165) is 16.8 Å². The van der Waals surface area contributed by atoms with Crippen molar-refractivity contribution in [3.63, 3.8) is 0 Å². The van der Waals surface area contributed by atoms with E-state index < -0.39 is 35.6 Å². The summed E-state index contributed by atoms with van der Waals surface area (Å²) in [5, 5.41) is 7.31. The second-order valence-electron chi connectivity index (χ2n) is 9.04. The molecule has 0 aliphatic heterocycles. The highest BCUT2D eigenvalue weighted by Crippen LogP contribution is 2.33. The highest BCUT2D eigenvalue weighted by atomic mass is 79.9. The van der Waals surface area contributed by atoms with E-state index in [1.54, 1.807) is 18.2 Å². The monoisotopic (exact) mass is 672 g/mol. The molecule has 0 saturated carbocycles. The Labute approximate surface area is 254 Å². The van der Waals surface area contributed by atoms with E-state index in [1.165, 1.54) is 60.8 Å². The molecular formula is C30H18BrClF4N4O3. The van der Waals surface area contributed by atoms with Crippen molar-refractivity contribution in [2.24, 2.45) is 5.10 Å². The van der Waals surface area contributed by atoms with E-state index in [2.05, 4.69) is 31.3 Å². The molecule has 43 heavy (non-hydrogen) atoms. The van der Waals surface area contributed by atoms with Crippen molar-refractivity contribution in [2.45, 2.75) is 6.18 Å². The minimum absolute atomic E-state index is 0.0102. The summed E-state index contributed by atoms with van der Waals surface area (Å²) < 4.78 is 60.6. The number of carbonyl (C=O) groups excluding carboxylic acids is 1. The smallest absolute Gasteiger partial charge is 0.416 e. The zero-order valence-electron chi connectivity index (χ0n) is 21.7. The van der Waals surface area contributed by atoms with E-state index >= 15 is 0 Å². The van der Waals surface area contributed by atoms with Gasteiger partial charge in [0, 0.05) is 21.8 Å². The van der Waals surface area contributed by atoms with Crippen molar-refractivity contribution in [1.82, 2.24) is 9.66 Å². The number of hydrogen-bond donors (Lipinski definition) is 1. The van der Waals surface area contributed by atoms with Crippen LogP contribution < -0.4 is 15.6 Å². The zero-order valence-corrected chi connectivity index (χ0v) is 24.0. The van der Waals surface area contributed by atoms with Gasteiger partial charge in [-0.2, -0.15) is 22.9 Å². The van der Waals surface area contributed by atoms with Crippen molar-refractivity contribution in [1.29, 1.82) is 0 Å².